The fraction of sp³-hybridized carbons (Fsp3) is 0.167. The molecule has 1 aromatic carbocycles. The van der Waals surface area contributed by atoms with Crippen LogP contribution in [0.4, 0.5) is 4.39 Å². The molecule has 0 amide bonds. The Morgan fingerprint density at radius 3 is 2.80 bits per heavy atom. The molecule has 0 unspecified atom stereocenters. The maximum Gasteiger partial charge on any atom is 0.123 e. The van der Waals surface area contributed by atoms with E-state index in [1.54, 1.807) is 23.5 Å². The monoisotopic (exact) mass is 221 g/mol. The highest BCUT2D eigenvalue weighted by Gasteiger charge is 2.08. The molecule has 2 aromatic rings. The first-order chi connectivity index (χ1) is 7.22. The van der Waals surface area contributed by atoms with Crippen LogP contribution in [0.3, 0.4) is 0 Å². The second-order valence-electron chi connectivity index (χ2n) is 3.42. The minimum atomic E-state index is -0.204. The van der Waals surface area contributed by atoms with Crippen LogP contribution in [0.25, 0.3) is 11.1 Å². The van der Waals surface area contributed by atoms with Crippen molar-refractivity contribution in [2.45, 2.75) is 13.5 Å². The maximum absolute atomic E-state index is 13.1. The van der Waals surface area contributed by atoms with Crippen molar-refractivity contribution in [1.82, 2.24) is 0 Å². The van der Waals surface area contributed by atoms with Gasteiger partial charge in [0.05, 0.1) is 0 Å². The molecule has 2 rings (SSSR count). The Kier molecular flexibility index (Phi) is 2.84. The fourth-order valence-electron chi connectivity index (χ4n) is 1.62. The lowest BCUT2D eigenvalue weighted by molar-refractivity contribution is 0.628. The summed E-state index contributed by atoms with van der Waals surface area (Å²) in [5, 5.41) is 1.99. The molecule has 0 bridgehead atoms. The number of halogens is 1. The van der Waals surface area contributed by atoms with Crippen molar-refractivity contribution < 1.29 is 4.39 Å². The van der Waals surface area contributed by atoms with Crippen LogP contribution in [-0.2, 0) is 6.54 Å². The van der Waals surface area contributed by atoms with Crippen LogP contribution in [0.2, 0.25) is 0 Å². The highest BCUT2D eigenvalue weighted by molar-refractivity contribution is 7.10. The number of nitrogens with two attached hydrogens (primary N) is 1. The molecule has 0 atom stereocenters. The molecule has 0 saturated carbocycles. The van der Waals surface area contributed by atoms with E-state index in [2.05, 4.69) is 0 Å². The van der Waals surface area contributed by atoms with Gasteiger partial charge in [-0.15, -0.1) is 11.3 Å². The fourth-order valence-corrected chi connectivity index (χ4v) is 2.39. The molecule has 15 heavy (non-hydrogen) atoms. The summed E-state index contributed by atoms with van der Waals surface area (Å²) in [6, 6.07) is 6.83. The van der Waals surface area contributed by atoms with E-state index in [9.17, 15) is 4.39 Å². The number of aryl methyl sites for hydroxylation is 1. The number of benzene rings is 1. The van der Waals surface area contributed by atoms with E-state index in [0.29, 0.717) is 6.54 Å². The van der Waals surface area contributed by atoms with Gasteiger partial charge in [0.1, 0.15) is 5.82 Å². The Labute approximate surface area is 92.4 Å². The molecule has 3 heteroatoms. The summed E-state index contributed by atoms with van der Waals surface area (Å²) in [5.41, 5.74) is 8.71. The van der Waals surface area contributed by atoms with Crippen molar-refractivity contribution in [2.75, 3.05) is 0 Å². The minimum Gasteiger partial charge on any atom is -0.326 e. The van der Waals surface area contributed by atoms with Gasteiger partial charge in [0, 0.05) is 11.4 Å². The van der Waals surface area contributed by atoms with Gasteiger partial charge in [0.15, 0.2) is 0 Å². The van der Waals surface area contributed by atoms with Gasteiger partial charge in [0.2, 0.25) is 0 Å². The van der Waals surface area contributed by atoms with Crippen LogP contribution in [0.1, 0.15) is 10.4 Å². The van der Waals surface area contributed by atoms with E-state index in [1.165, 1.54) is 6.07 Å². The average molecular weight is 221 g/mol. The van der Waals surface area contributed by atoms with Gasteiger partial charge in [-0.25, -0.2) is 4.39 Å². The first kappa shape index (κ1) is 10.3. The normalized spacial score (nSPS) is 10.6. The maximum atomic E-state index is 13.1. The van der Waals surface area contributed by atoms with Crippen LogP contribution in [0, 0.1) is 12.7 Å². The standard InChI is InChI=1S/C12H12FNS/c1-8-2-3-9(13)6-11(8)10-4-5-15-12(10)7-14/h2-6H,7,14H2,1H3. The molecule has 0 aliphatic carbocycles. The van der Waals surface area contributed by atoms with Crippen molar-refractivity contribution >= 4 is 11.3 Å². The molecular formula is C12H12FNS. The SMILES string of the molecule is Cc1ccc(F)cc1-c1ccsc1CN. The van der Waals surface area contributed by atoms with Crippen molar-refractivity contribution in [3.05, 3.63) is 45.9 Å². The van der Waals surface area contributed by atoms with Crippen LogP contribution in [-0.4, -0.2) is 0 Å². The van der Waals surface area contributed by atoms with Gasteiger partial charge in [0.25, 0.3) is 0 Å². The Hall–Kier alpha value is -1.19. The number of rotatable bonds is 2. The molecule has 0 radical (unpaired) electrons. The smallest absolute Gasteiger partial charge is 0.123 e. The third-order valence-electron chi connectivity index (χ3n) is 2.42. The zero-order valence-corrected chi connectivity index (χ0v) is 9.27. The predicted molar refractivity (Wildman–Crippen MR) is 62.3 cm³/mol. The lowest BCUT2D eigenvalue weighted by atomic mass is 10.0. The lowest BCUT2D eigenvalue weighted by Crippen LogP contribution is -1.95. The Balaban J connectivity index is 2.58. The summed E-state index contributed by atoms with van der Waals surface area (Å²) < 4.78 is 13.1. The molecule has 1 nitrogen and oxygen atoms in total. The van der Waals surface area contributed by atoms with E-state index in [1.807, 2.05) is 18.4 Å². The van der Waals surface area contributed by atoms with Gasteiger partial charge < -0.3 is 5.73 Å². The summed E-state index contributed by atoms with van der Waals surface area (Å²) in [6.07, 6.45) is 0. The van der Waals surface area contributed by atoms with Crippen molar-refractivity contribution in [3.63, 3.8) is 0 Å². The minimum absolute atomic E-state index is 0.204. The molecule has 1 aromatic heterocycles. The summed E-state index contributed by atoms with van der Waals surface area (Å²) in [5.74, 6) is -0.204. The third-order valence-corrected chi connectivity index (χ3v) is 3.36. The van der Waals surface area contributed by atoms with E-state index in [4.69, 9.17) is 5.73 Å². The van der Waals surface area contributed by atoms with Crippen LogP contribution in [0.15, 0.2) is 29.6 Å². The van der Waals surface area contributed by atoms with Crippen molar-refractivity contribution in [2.24, 2.45) is 5.73 Å². The van der Waals surface area contributed by atoms with Crippen molar-refractivity contribution in [3.8, 4) is 11.1 Å². The Bertz CT molecular complexity index is 476. The summed E-state index contributed by atoms with van der Waals surface area (Å²) in [4.78, 5) is 1.10. The van der Waals surface area contributed by atoms with Crippen molar-refractivity contribution in [1.29, 1.82) is 0 Å². The van der Waals surface area contributed by atoms with Gasteiger partial charge in [-0.05, 0) is 47.2 Å². The predicted octanol–water partition coefficient (Wildman–Crippen LogP) is 3.32. The van der Waals surface area contributed by atoms with Crippen LogP contribution >= 0.6 is 11.3 Å². The molecular weight excluding hydrogens is 209 g/mol. The first-order valence-corrected chi connectivity index (χ1v) is 5.63. The zero-order chi connectivity index (χ0) is 10.8. The van der Waals surface area contributed by atoms with E-state index in [0.717, 1.165) is 21.6 Å². The van der Waals surface area contributed by atoms with Gasteiger partial charge in [-0.1, -0.05) is 6.07 Å². The largest absolute Gasteiger partial charge is 0.326 e. The molecule has 78 valence electrons. The summed E-state index contributed by atoms with van der Waals surface area (Å²) >= 11 is 1.61. The molecule has 1 heterocycles. The van der Waals surface area contributed by atoms with E-state index in [-0.39, 0.29) is 5.82 Å². The number of thiophene rings is 1. The number of hydrogen-bond donors (Lipinski definition) is 1. The molecule has 0 fully saturated rings. The van der Waals surface area contributed by atoms with Gasteiger partial charge in [-0.2, -0.15) is 0 Å². The first-order valence-electron chi connectivity index (χ1n) is 4.75. The van der Waals surface area contributed by atoms with E-state index < -0.39 is 0 Å². The molecule has 2 N–H and O–H groups in total. The molecule has 0 aliphatic rings. The number of hydrogen-bond acceptors (Lipinski definition) is 2. The summed E-state index contributed by atoms with van der Waals surface area (Å²) in [7, 11) is 0. The van der Waals surface area contributed by atoms with E-state index >= 15 is 0 Å². The average Bonchev–Trinajstić information content (AvgIpc) is 2.69. The Morgan fingerprint density at radius 1 is 1.27 bits per heavy atom. The van der Waals surface area contributed by atoms with Crippen LogP contribution in [0.5, 0.6) is 0 Å². The Morgan fingerprint density at radius 2 is 2.07 bits per heavy atom. The van der Waals surface area contributed by atoms with Gasteiger partial charge >= 0.3 is 0 Å². The molecule has 0 spiro atoms. The highest BCUT2D eigenvalue weighted by Crippen LogP contribution is 2.30. The quantitative estimate of drug-likeness (QED) is 0.827. The second-order valence-corrected chi connectivity index (χ2v) is 4.42. The topological polar surface area (TPSA) is 26.0 Å². The van der Waals surface area contributed by atoms with Gasteiger partial charge in [-0.3, -0.25) is 0 Å². The van der Waals surface area contributed by atoms with Crippen LogP contribution < -0.4 is 5.73 Å². The summed E-state index contributed by atoms with van der Waals surface area (Å²) in [6.45, 7) is 2.48. The zero-order valence-electron chi connectivity index (χ0n) is 8.46. The molecule has 0 saturated heterocycles. The highest BCUT2D eigenvalue weighted by atomic mass is 32.1. The molecule has 0 aliphatic heterocycles. The third kappa shape index (κ3) is 1.94. The second kappa shape index (κ2) is 4.13. The lowest BCUT2D eigenvalue weighted by Gasteiger charge is -2.06.